The molecule has 0 aliphatic heterocycles. The molecule has 2 rings (SSSR count). The van der Waals surface area contributed by atoms with Crippen molar-refractivity contribution in [3.63, 3.8) is 0 Å². The number of nitrogens with one attached hydrogen (secondary N) is 2. The first-order valence-electron chi connectivity index (χ1n) is 6.62. The molecule has 0 spiro atoms. The van der Waals surface area contributed by atoms with E-state index in [2.05, 4.69) is 22.2 Å². The number of amides is 1. The highest BCUT2D eigenvalue weighted by Gasteiger charge is 2.05. The number of nitrogens with zero attached hydrogens (tertiary/aromatic N) is 1. The van der Waals surface area contributed by atoms with Crippen molar-refractivity contribution in [1.82, 2.24) is 15.3 Å². The summed E-state index contributed by atoms with van der Waals surface area (Å²) >= 11 is 0. The average molecular weight is 261 g/mol. The molecule has 0 aliphatic rings. The molecule has 2 aromatic heterocycles. The van der Waals surface area contributed by atoms with E-state index in [9.17, 15) is 4.79 Å². The Kier molecular flexibility index (Phi) is 4.78. The van der Waals surface area contributed by atoms with Crippen LogP contribution in [0.15, 0.2) is 24.7 Å². The van der Waals surface area contributed by atoms with Crippen molar-refractivity contribution in [3.05, 3.63) is 30.2 Å². The zero-order valence-corrected chi connectivity index (χ0v) is 11.1. The number of ether oxygens (including phenoxy) is 1. The van der Waals surface area contributed by atoms with E-state index in [1.807, 2.05) is 12.3 Å². The van der Waals surface area contributed by atoms with E-state index in [1.54, 1.807) is 12.4 Å². The second-order valence-electron chi connectivity index (χ2n) is 4.40. The van der Waals surface area contributed by atoms with Crippen molar-refractivity contribution < 1.29 is 9.53 Å². The number of rotatable bonds is 6. The van der Waals surface area contributed by atoms with Crippen LogP contribution in [0.3, 0.4) is 0 Å². The van der Waals surface area contributed by atoms with Crippen LogP contribution < -0.4 is 5.32 Å². The Morgan fingerprint density at radius 3 is 3.26 bits per heavy atom. The molecule has 2 aromatic rings. The molecule has 5 nitrogen and oxygen atoms in total. The lowest BCUT2D eigenvalue weighted by Crippen LogP contribution is -2.26. The molecule has 2 N–H and O–H groups in total. The molecule has 102 valence electrons. The van der Waals surface area contributed by atoms with Gasteiger partial charge in [0.25, 0.3) is 0 Å². The van der Waals surface area contributed by atoms with Gasteiger partial charge < -0.3 is 15.0 Å². The maximum Gasteiger partial charge on any atom is 0.407 e. The smallest absolute Gasteiger partial charge is 0.407 e. The van der Waals surface area contributed by atoms with Gasteiger partial charge in [-0.1, -0.05) is 13.3 Å². The highest BCUT2D eigenvalue weighted by molar-refractivity contribution is 5.82. The summed E-state index contributed by atoms with van der Waals surface area (Å²) in [6.45, 7) is 3.12. The fourth-order valence-corrected chi connectivity index (χ4v) is 1.90. The molecule has 0 bridgehead atoms. The molecule has 19 heavy (non-hydrogen) atoms. The number of aromatic nitrogens is 2. The molecule has 0 saturated heterocycles. The third-order valence-electron chi connectivity index (χ3n) is 2.96. The number of H-pyrrole nitrogens is 1. The molecule has 0 atom stereocenters. The van der Waals surface area contributed by atoms with Gasteiger partial charge in [0.1, 0.15) is 0 Å². The molecule has 1 amide bonds. The van der Waals surface area contributed by atoms with E-state index in [0.717, 1.165) is 30.2 Å². The topological polar surface area (TPSA) is 67.0 Å². The molecule has 5 heteroatoms. The summed E-state index contributed by atoms with van der Waals surface area (Å²) in [5, 5.41) is 3.90. The van der Waals surface area contributed by atoms with Crippen LogP contribution in [0.2, 0.25) is 0 Å². The number of hydrogen-bond acceptors (Lipinski definition) is 3. The van der Waals surface area contributed by atoms with Crippen molar-refractivity contribution in [3.8, 4) is 0 Å². The molecular formula is C14H19N3O2. The van der Waals surface area contributed by atoms with Gasteiger partial charge >= 0.3 is 6.09 Å². The van der Waals surface area contributed by atoms with Crippen molar-refractivity contribution in [2.75, 3.05) is 13.2 Å². The molecule has 0 aliphatic carbocycles. The van der Waals surface area contributed by atoms with Gasteiger partial charge in [0.15, 0.2) is 0 Å². The number of fused-ring (bicyclic) bond motifs is 1. The summed E-state index contributed by atoms with van der Waals surface area (Å²) in [6.07, 6.45) is 7.88. The largest absolute Gasteiger partial charge is 0.450 e. The minimum absolute atomic E-state index is 0.338. The first kappa shape index (κ1) is 13.4. The Morgan fingerprint density at radius 1 is 1.53 bits per heavy atom. The number of pyridine rings is 1. The van der Waals surface area contributed by atoms with Crippen LogP contribution in [-0.4, -0.2) is 29.2 Å². The lowest BCUT2D eigenvalue weighted by molar-refractivity contribution is 0.144. The Bertz CT molecular complexity index is 536. The minimum atomic E-state index is -0.338. The predicted octanol–water partition coefficient (Wildman–Crippen LogP) is 2.63. The normalized spacial score (nSPS) is 10.6. The van der Waals surface area contributed by atoms with Gasteiger partial charge in [0.05, 0.1) is 18.3 Å². The lowest BCUT2D eigenvalue weighted by Gasteiger charge is -2.05. The zero-order chi connectivity index (χ0) is 13.5. The van der Waals surface area contributed by atoms with Crippen LogP contribution >= 0.6 is 0 Å². The van der Waals surface area contributed by atoms with E-state index >= 15 is 0 Å². The van der Waals surface area contributed by atoms with Crippen molar-refractivity contribution in [2.24, 2.45) is 0 Å². The van der Waals surface area contributed by atoms with Gasteiger partial charge in [-0.15, -0.1) is 0 Å². The summed E-state index contributed by atoms with van der Waals surface area (Å²) in [6, 6.07) is 1.97. The second kappa shape index (κ2) is 6.78. The lowest BCUT2D eigenvalue weighted by atomic mass is 10.1. The van der Waals surface area contributed by atoms with Crippen LogP contribution in [0, 0.1) is 0 Å². The number of hydrogen-bond donors (Lipinski definition) is 2. The van der Waals surface area contributed by atoms with E-state index < -0.39 is 0 Å². The van der Waals surface area contributed by atoms with Gasteiger partial charge in [0.2, 0.25) is 0 Å². The Balaban J connectivity index is 1.78. The van der Waals surface area contributed by atoms with Gasteiger partial charge in [-0.3, -0.25) is 4.98 Å². The van der Waals surface area contributed by atoms with E-state index in [1.165, 1.54) is 5.56 Å². The molecule has 0 radical (unpaired) electrons. The average Bonchev–Trinajstić information content (AvgIpc) is 2.83. The molecule has 0 aromatic carbocycles. The first-order valence-corrected chi connectivity index (χ1v) is 6.62. The number of aromatic amines is 1. The maximum absolute atomic E-state index is 11.4. The zero-order valence-electron chi connectivity index (χ0n) is 11.1. The summed E-state index contributed by atoms with van der Waals surface area (Å²) in [5.41, 5.74) is 2.19. The maximum atomic E-state index is 11.4. The molecule has 0 saturated carbocycles. The second-order valence-corrected chi connectivity index (χ2v) is 4.40. The van der Waals surface area contributed by atoms with Crippen LogP contribution in [0.5, 0.6) is 0 Å². The van der Waals surface area contributed by atoms with Crippen LogP contribution in [0.25, 0.3) is 10.9 Å². The summed E-state index contributed by atoms with van der Waals surface area (Å²) in [4.78, 5) is 18.6. The summed E-state index contributed by atoms with van der Waals surface area (Å²) < 4.78 is 5.02. The number of alkyl carbamates (subject to hydrolysis) is 1. The van der Waals surface area contributed by atoms with Crippen molar-refractivity contribution >= 4 is 17.0 Å². The Hall–Kier alpha value is -2.04. The van der Waals surface area contributed by atoms with Gasteiger partial charge in [-0.25, -0.2) is 4.79 Å². The minimum Gasteiger partial charge on any atom is -0.450 e. The predicted molar refractivity (Wildman–Crippen MR) is 74.1 cm³/mol. The van der Waals surface area contributed by atoms with Gasteiger partial charge in [0, 0.05) is 24.3 Å². The SMILES string of the molecule is CCCCOC(=O)NCCc1c[nH]c2cnccc12. The monoisotopic (exact) mass is 261 g/mol. The Labute approximate surface area is 112 Å². The van der Waals surface area contributed by atoms with Crippen molar-refractivity contribution in [2.45, 2.75) is 26.2 Å². The standard InChI is InChI=1S/C14H19N3O2/c1-2-3-8-19-14(18)16-7-4-11-9-17-13-10-15-6-5-12(11)13/h5-6,9-10,17H,2-4,7-8H2,1H3,(H,16,18). The van der Waals surface area contributed by atoms with Gasteiger partial charge in [-0.2, -0.15) is 0 Å². The summed E-state index contributed by atoms with van der Waals surface area (Å²) in [7, 11) is 0. The van der Waals surface area contributed by atoms with E-state index in [-0.39, 0.29) is 6.09 Å². The van der Waals surface area contributed by atoms with E-state index in [0.29, 0.717) is 13.2 Å². The third kappa shape index (κ3) is 3.71. The fourth-order valence-electron chi connectivity index (χ4n) is 1.90. The quantitative estimate of drug-likeness (QED) is 0.785. The molecule has 0 fully saturated rings. The van der Waals surface area contributed by atoms with Crippen molar-refractivity contribution in [1.29, 1.82) is 0 Å². The van der Waals surface area contributed by atoms with Gasteiger partial charge in [-0.05, 0) is 24.5 Å². The molecule has 2 heterocycles. The number of carbonyl (C=O) groups excluding carboxylic acids is 1. The van der Waals surface area contributed by atoms with Crippen LogP contribution in [-0.2, 0) is 11.2 Å². The highest BCUT2D eigenvalue weighted by Crippen LogP contribution is 2.16. The molecular weight excluding hydrogens is 242 g/mol. The molecule has 0 unspecified atom stereocenters. The first-order chi connectivity index (χ1) is 9.31. The number of unbranched alkanes of at least 4 members (excludes halogenated alkanes) is 1. The Morgan fingerprint density at radius 2 is 2.42 bits per heavy atom. The number of carbonyl (C=O) groups is 1. The van der Waals surface area contributed by atoms with Crippen LogP contribution in [0.4, 0.5) is 4.79 Å². The third-order valence-corrected chi connectivity index (χ3v) is 2.96. The van der Waals surface area contributed by atoms with Crippen LogP contribution in [0.1, 0.15) is 25.3 Å². The highest BCUT2D eigenvalue weighted by atomic mass is 16.5. The fraction of sp³-hybridized carbons (Fsp3) is 0.429. The van der Waals surface area contributed by atoms with E-state index in [4.69, 9.17) is 4.74 Å². The summed E-state index contributed by atoms with van der Waals surface area (Å²) in [5.74, 6) is 0.